The van der Waals surface area contributed by atoms with E-state index in [9.17, 15) is 22.8 Å². The zero-order valence-corrected chi connectivity index (χ0v) is 17.6. The molecule has 0 saturated heterocycles. The van der Waals surface area contributed by atoms with Gasteiger partial charge in [-0.2, -0.15) is 13.2 Å². The zero-order chi connectivity index (χ0) is 23.3. The van der Waals surface area contributed by atoms with Crippen LogP contribution in [0.4, 0.5) is 13.2 Å². The van der Waals surface area contributed by atoms with Gasteiger partial charge in [-0.1, -0.05) is 23.4 Å². The molecule has 0 spiro atoms. The monoisotopic (exact) mass is 450 g/mol. The highest BCUT2D eigenvalue weighted by Crippen LogP contribution is 2.30. The van der Waals surface area contributed by atoms with Crippen molar-refractivity contribution in [2.24, 2.45) is 11.8 Å². The van der Waals surface area contributed by atoms with Crippen LogP contribution in [0.25, 0.3) is 6.08 Å². The summed E-state index contributed by atoms with van der Waals surface area (Å²) in [6.45, 7) is 2.28. The van der Waals surface area contributed by atoms with Crippen LogP contribution in [-0.4, -0.2) is 38.5 Å². The van der Waals surface area contributed by atoms with Crippen LogP contribution in [0.5, 0.6) is 0 Å². The van der Waals surface area contributed by atoms with Crippen LogP contribution >= 0.6 is 0 Å². The standard InChI is InChI=1S/C22H25F3N4O3/c1-2-3-18-19(20(30)26-12-14-4-8-16(9-5-14)21(31)32)29(28-27-18)13-15-6-10-17(11-7-15)22(23,24)25/h2-3,6-7,10-11,14,16H,4-5,8-9,12-13H2,1H3,(H,26,30)(H,31,32)/b3-2+. The van der Waals surface area contributed by atoms with Crippen LogP contribution in [-0.2, 0) is 17.5 Å². The SMILES string of the molecule is C/C=C/c1nnn(Cc2ccc(C(F)(F)F)cc2)c1C(=O)NCC1CCC(C(=O)O)CC1. The molecule has 1 aromatic carbocycles. The van der Waals surface area contributed by atoms with Crippen molar-refractivity contribution in [3.63, 3.8) is 0 Å². The molecular weight excluding hydrogens is 425 g/mol. The van der Waals surface area contributed by atoms with E-state index in [2.05, 4.69) is 15.6 Å². The van der Waals surface area contributed by atoms with Crippen molar-refractivity contribution >= 4 is 18.0 Å². The Hall–Kier alpha value is -3.17. The number of nitrogens with zero attached hydrogens (tertiary/aromatic N) is 3. The minimum atomic E-state index is -4.42. The largest absolute Gasteiger partial charge is 0.481 e. The van der Waals surface area contributed by atoms with E-state index in [0.29, 0.717) is 30.6 Å². The molecule has 1 aliphatic rings. The van der Waals surface area contributed by atoms with Gasteiger partial charge in [0.05, 0.1) is 18.0 Å². The van der Waals surface area contributed by atoms with Gasteiger partial charge in [0.1, 0.15) is 5.69 Å². The molecule has 7 nitrogen and oxygen atoms in total. The van der Waals surface area contributed by atoms with Crippen molar-refractivity contribution in [1.29, 1.82) is 0 Å². The number of aliphatic carboxylic acids is 1. The number of carbonyl (C=O) groups excluding carboxylic acids is 1. The molecule has 1 amide bonds. The summed E-state index contributed by atoms with van der Waals surface area (Å²) in [7, 11) is 0. The molecule has 10 heteroatoms. The molecule has 0 bridgehead atoms. The molecule has 1 aliphatic carbocycles. The topological polar surface area (TPSA) is 97.1 Å². The summed E-state index contributed by atoms with van der Waals surface area (Å²) in [6.07, 6.45) is 1.57. The highest BCUT2D eigenvalue weighted by molar-refractivity contribution is 5.95. The van der Waals surface area contributed by atoms with Crippen LogP contribution in [0.1, 0.15) is 59.9 Å². The summed E-state index contributed by atoms with van der Waals surface area (Å²) >= 11 is 0. The first kappa shape index (κ1) is 23.5. The van der Waals surface area contributed by atoms with Gasteiger partial charge in [0, 0.05) is 6.54 Å². The van der Waals surface area contributed by atoms with Gasteiger partial charge < -0.3 is 10.4 Å². The molecule has 32 heavy (non-hydrogen) atoms. The van der Waals surface area contributed by atoms with Gasteiger partial charge in [-0.25, -0.2) is 4.68 Å². The molecule has 1 fully saturated rings. The average Bonchev–Trinajstić information content (AvgIpc) is 3.14. The van der Waals surface area contributed by atoms with Crippen LogP contribution in [0, 0.1) is 11.8 Å². The van der Waals surface area contributed by atoms with E-state index in [1.807, 2.05) is 0 Å². The predicted molar refractivity (Wildman–Crippen MR) is 111 cm³/mol. The maximum Gasteiger partial charge on any atom is 0.416 e. The molecule has 0 aliphatic heterocycles. The third-order valence-corrected chi connectivity index (χ3v) is 5.66. The lowest BCUT2D eigenvalue weighted by atomic mass is 9.82. The normalized spacial score (nSPS) is 19.2. The number of allylic oxidation sites excluding steroid dienone is 1. The summed E-state index contributed by atoms with van der Waals surface area (Å²) in [5.74, 6) is -1.28. The van der Waals surface area contributed by atoms with E-state index in [0.717, 1.165) is 25.0 Å². The Morgan fingerprint density at radius 2 is 1.84 bits per heavy atom. The second kappa shape index (κ2) is 9.97. The Bertz CT molecular complexity index is 975. The summed E-state index contributed by atoms with van der Waals surface area (Å²) in [6, 6.07) is 4.68. The molecule has 2 aromatic rings. The Balaban J connectivity index is 1.69. The molecule has 1 aromatic heterocycles. The van der Waals surface area contributed by atoms with Crippen molar-refractivity contribution in [1.82, 2.24) is 20.3 Å². The van der Waals surface area contributed by atoms with Crippen LogP contribution in [0.3, 0.4) is 0 Å². The maximum atomic E-state index is 12.9. The number of hydrogen-bond acceptors (Lipinski definition) is 4. The fourth-order valence-electron chi connectivity index (χ4n) is 3.85. The first-order chi connectivity index (χ1) is 15.2. The van der Waals surface area contributed by atoms with Gasteiger partial charge in [0.25, 0.3) is 5.91 Å². The van der Waals surface area contributed by atoms with Crippen molar-refractivity contribution < 1.29 is 27.9 Å². The van der Waals surface area contributed by atoms with Gasteiger partial charge in [0.15, 0.2) is 5.69 Å². The molecule has 0 unspecified atom stereocenters. The molecule has 0 atom stereocenters. The number of alkyl halides is 3. The van der Waals surface area contributed by atoms with Crippen molar-refractivity contribution in [2.75, 3.05) is 6.54 Å². The van der Waals surface area contributed by atoms with Crippen LogP contribution in [0.15, 0.2) is 30.3 Å². The Morgan fingerprint density at radius 1 is 1.19 bits per heavy atom. The van der Waals surface area contributed by atoms with E-state index in [-0.39, 0.29) is 30.0 Å². The number of carboxylic acid groups (broad SMARTS) is 1. The quantitative estimate of drug-likeness (QED) is 0.665. The number of amides is 1. The summed E-state index contributed by atoms with van der Waals surface area (Å²) in [5.41, 5.74) is 0.398. The molecule has 172 valence electrons. The Morgan fingerprint density at radius 3 is 2.41 bits per heavy atom. The van der Waals surface area contributed by atoms with Crippen molar-refractivity contribution in [2.45, 2.75) is 45.3 Å². The molecule has 3 rings (SSSR count). The minimum Gasteiger partial charge on any atom is -0.481 e. The second-order valence-electron chi connectivity index (χ2n) is 7.94. The van der Waals surface area contributed by atoms with Gasteiger partial charge in [-0.15, -0.1) is 5.10 Å². The fourth-order valence-corrected chi connectivity index (χ4v) is 3.85. The minimum absolute atomic E-state index is 0.0924. The average molecular weight is 450 g/mol. The first-order valence-corrected chi connectivity index (χ1v) is 10.4. The Labute approximate surface area is 183 Å². The van der Waals surface area contributed by atoms with E-state index >= 15 is 0 Å². The van der Waals surface area contributed by atoms with Crippen LogP contribution in [0.2, 0.25) is 0 Å². The van der Waals surface area contributed by atoms with Gasteiger partial charge in [-0.05, 0) is 62.3 Å². The second-order valence-corrected chi connectivity index (χ2v) is 7.94. The molecule has 1 saturated carbocycles. The summed E-state index contributed by atoms with van der Waals surface area (Å²) in [4.78, 5) is 24.0. The number of carbonyl (C=O) groups is 2. The number of aromatic nitrogens is 3. The number of hydrogen-bond donors (Lipinski definition) is 2. The van der Waals surface area contributed by atoms with Crippen LogP contribution < -0.4 is 5.32 Å². The highest BCUT2D eigenvalue weighted by atomic mass is 19.4. The lowest BCUT2D eigenvalue weighted by molar-refractivity contribution is -0.143. The highest BCUT2D eigenvalue weighted by Gasteiger charge is 2.30. The third kappa shape index (κ3) is 5.74. The summed E-state index contributed by atoms with van der Waals surface area (Å²) in [5, 5.41) is 20.0. The summed E-state index contributed by atoms with van der Waals surface area (Å²) < 4.78 is 39.7. The van der Waals surface area contributed by atoms with E-state index < -0.39 is 17.7 Å². The number of rotatable bonds is 7. The van der Waals surface area contributed by atoms with Crippen molar-refractivity contribution in [3.05, 3.63) is 52.9 Å². The van der Waals surface area contributed by atoms with E-state index in [4.69, 9.17) is 5.11 Å². The number of carboxylic acids is 1. The fraction of sp³-hybridized carbons (Fsp3) is 0.455. The molecule has 2 N–H and O–H groups in total. The first-order valence-electron chi connectivity index (χ1n) is 10.4. The number of halogens is 3. The molecular formula is C22H25F3N4O3. The van der Waals surface area contributed by atoms with E-state index in [1.165, 1.54) is 16.8 Å². The lowest BCUT2D eigenvalue weighted by Crippen LogP contribution is -2.34. The van der Waals surface area contributed by atoms with Gasteiger partial charge in [-0.3, -0.25) is 9.59 Å². The molecule has 1 heterocycles. The molecule has 0 radical (unpaired) electrons. The predicted octanol–water partition coefficient (Wildman–Crippen LogP) is 4.00. The zero-order valence-electron chi connectivity index (χ0n) is 17.6. The van der Waals surface area contributed by atoms with Gasteiger partial charge in [0.2, 0.25) is 0 Å². The Kier molecular flexibility index (Phi) is 7.32. The third-order valence-electron chi connectivity index (χ3n) is 5.66. The maximum absolute atomic E-state index is 12.9. The van der Waals surface area contributed by atoms with Crippen molar-refractivity contribution in [3.8, 4) is 0 Å². The number of benzene rings is 1. The number of nitrogens with one attached hydrogen (secondary N) is 1. The van der Waals surface area contributed by atoms with E-state index in [1.54, 1.807) is 19.1 Å². The van der Waals surface area contributed by atoms with Gasteiger partial charge >= 0.3 is 12.1 Å². The lowest BCUT2D eigenvalue weighted by Gasteiger charge is -2.26. The smallest absolute Gasteiger partial charge is 0.416 e.